The van der Waals surface area contributed by atoms with E-state index in [0.29, 0.717) is 5.69 Å². The number of carbonyl (C=O) groups is 1. The third-order valence-corrected chi connectivity index (χ3v) is 3.36. The maximum Gasteiger partial charge on any atom is 0.418 e. The van der Waals surface area contributed by atoms with Crippen molar-refractivity contribution in [2.24, 2.45) is 0 Å². The van der Waals surface area contributed by atoms with E-state index < -0.39 is 17.7 Å². The third kappa shape index (κ3) is 4.93. The number of carbonyl (C=O) groups excluding carboxylic acids is 1. The van der Waals surface area contributed by atoms with E-state index in [0.717, 1.165) is 6.07 Å². The van der Waals surface area contributed by atoms with Gasteiger partial charge in [-0.3, -0.25) is 0 Å². The summed E-state index contributed by atoms with van der Waals surface area (Å²) in [6, 6.07) is 11.4. The Hall–Kier alpha value is -2.61. The van der Waals surface area contributed by atoms with Crippen LogP contribution in [0.5, 0.6) is 0 Å². The number of ether oxygens (including phenoxy) is 1. The molecule has 4 nitrogen and oxygen atoms in total. The minimum absolute atomic E-state index is 0.0755. The lowest BCUT2D eigenvalue weighted by molar-refractivity contribution is -0.136. The van der Waals surface area contributed by atoms with Crippen LogP contribution in [-0.4, -0.2) is 17.7 Å². The summed E-state index contributed by atoms with van der Waals surface area (Å²) in [5.41, 5.74) is -0.445. The van der Waals surface area contributed by atoms with Crippen molar-refractivity contribution in [2.45, 2.75) is 13.1 Å². The number of para-hydroxylation sites is 2. The average molecular weight is 368 g/mol. The van der Waals surface area contributed by atoms with Gasteiger partial charge in [0, 0.05) is 0 Å². The van der Waals surface area contributed by atoms with E-state index in [4.69, 9.17) is 17.0 Å². The van der Waals surface area contributed by atoms with Gasteiger partial charge in [0.1, 0.15) is 0 Å². The summed E-state index contributed by atoms with van der Waals surface area (Å²) < 4.78 is 44.0. The predicted molar refractivity (Wildman–Crippen MR) is 93.7 cm³/mol. The molecular weight excluding hydrogens is 353 g/mol. The van der Waals surface area contributed by atoms with Gasteiger partial charge in [0.05, 0.1) is 29.1 Å². The Kier molecular flexibility index (Phi) is 5.97. The van der Waals surface area contributed by atoms with Crippen LogP contribution < -0.4 is 10.6 Å². The van der Waals surface area contributed by atoms with Crippen LogP contribution in [0.25, 0.3) is 0 Å². The Labute approximate surface area is 148 Å². The molecule has 2 rings (SSSR count). The molecule has 0 radical (unpaired) electrons. The zero-order chi connectivity index (χ0) is 18.4. The van der Waals surface area contributed by atoms with Crippen molar-refractivity contribution in [3.63, 3.8) is 0 Å². The largest absolute Gasteiger partial charge is 0.462 e. The highest BCUT2D eigenvalue weighted by Crippen LogP contribution is 2.34. The zero-order valence-corrected chi connectivity index (χ0v) is 14.0. The fourth-order valence-electron chi connectivity index (χ4n) is 2.09. The van der Waals surface area contributed by atoms with Crippen molar-refractivity contribution in [2.75, 3.05) is 17.2 Å². The summed E-state index contributed by atoms with van der Waals surface area (Å²) in [6.07, 6.45) is -4.51. The van der Waals surface area contributed by atoms with Crippen molar-refractivity contribution in [1.82, 2.24) is 0 Å². The van der Waals surface area contributed by atoms with Gasteiger partial charge in [-0.25, -0.2) is 4.79 Å². The van der Waals surface area contributed by atoms with Gasteiger partial charge in [-0.1, -0.05) is 24.3 Å². The molecule has 0 atom stereocenters. The molecule has 0 amide bonds. The van der Waals surface area contributed by atoms with Gasteiger partial charge < -0.3 is 15.4 Å². The Morgan fingerprint density at radius 3 is 2.24 bits per heavy atom. The molecular formula is C17H15F3N2O2S. The van der Waals surface area contributed by atoms with Crippen LogP contribution in [0.15, 0.2) is 48.5 Å². The van der Waals surface area contributed by atoms with E-state index in [1.807, 2.05) is 0 Å². The average Bonchev–Trinajstić information content (AvgIpc) is 2.55. The van der Waals surface area contributed by atoms with E-state index in [2.05, 4.69) is 10.6 Å². The van der Waals surface area contributed by atoms with Crippen molar-refractivity contribution in [3.8, 4) is 0 Å². The molecule has 0 aliphatic heterocycles. The second kappa shape index (κ2) is 7.98. The number of thiocarbonyl (C=S) groups is 1. The number of hydrogen-bond donors (Lipinski definition) is 2. The summed E-state index contributed by atoms with van der Waals surface area (Å²) in [5, 5.41) is 5.17. The lowest BCUT2D eigenvalue weighted by atomic mass is 10.1. The summed E-state index contributed by atoms with van der Waals surface area (Å²) in [4.78, 5) is 11.9. The molecule has 132 valence electrons. The summed E-state index contributed by atoms with van der Waals surface area (Å²) in [6.45, 7) is 1.88. The number of esters is 1. The SMILES string of the molecule is CCOC(=O)c1ccccc1NC(=S)Nc1ccccc1C(F)(F)F. The fraction of sp³-hybridized carbons (Fsp3) is 0.176. The molecule has 25 heavy (non-hydrogen) atoms. The Bertz CT molecular complexity index is 778. The highest BCUT2D eigenvalue weighted by molar-refractivity contribution is 7.80. The number of nitrogens with one attached hydrogen (secondary N) is 2. The number of rotatable bonds is 4. The summed E-state index contributed by atoms with van der Waals surface area (Å²) in [5.74, 6) is -0.552. The van der Waals surface area contributed by atoms with E-state index in [-0.39, 0.29) is 23.0 Å². The second-order valence-electron chi connectivity index (χ2n) is 4.89. The molecule has 0 aromatic heterocycles. The standard InChI is InChI=1S/C17H15F3N2O2S/c1-2-24-15(23)11-7-3-5-9-13(11)21-16(25)22-14-10-6-4-8-12(14)17(18,19)20/h3-10H,2H2,1H3,(H2,21,22,25). The van der Waals surface area contributed by atoms with Crippen LogP contribution in [-0.2, 0) is 10.9 Å². The second-order valence-corrected chi connectivity index (χ2v) is 5.30. The van der Waals surface area contributed by atoms with Gasteiger partial charge in [-0.15, -0.1) is 0 Å². The molecule has 0 spiro atoms. The van der Waals surface area contributed by atoms with Gasteiger partial charge in [-0.2, -0.15) is 13.2 Å². The molecule has 0 saturated carbocycles. The van der Waals surface area contributed by atoms with Crippen molar-refractivity contribution < 1.29 is 22.7 Å². The van der Waals surface area contributed by atoms with Gasteiger partial charge in [-0.05, 0) is 43.4 Å². The lowest BCUT2D eigenvalue weighted by Gasteiger charge is -2.16. The predicted octanol–water partition coefficient (Wildman–Crippen LogP) is 4.69. The van der Waals surface area contributed by atoms with Crippen LogP contribution in [0, 0.1) is 0 Å². The molecule has 0 aliphatic carbocycles. The topological polar surface area (TPSA) is 50.4 Å². The maximum atomic E-state index is 13.0. The van der Waals surface area contributed by atoms with E-state index in [9.17, 15) is 18.0 Å². The molecule has 0 aliphatic rings. The van der Waals surface area contributed by atoms with Crippen LogP contribution >= 0.6 is 12.2 Å². The minimum Gasteiger partial charge on any atom is -0.462 e. The van der Waals surface area contributed by atoms with Crippen molar-refractivity contribution in [1.29, 1.82) is 0 Å². The smallest absolute Gasteiger partial charge is 0.418 e. The highest BCUT2D eigenvalue weighted by Gasteiger charge is 2.33. The third-order valence-electron chi connectivity index (χ3n) is 3.15. The highest BCUT2D eigenvalue weighted by atomic mass is 32.1. The maximum absolute atomic E-state index is 13.0. The minimum atomic E-state index is -4.51. The van der Waals surface area contributed by atoms with Crippen LogP contribution in [0.2, 0.25) is 0 Å². The Morgan fingerprint density at radius 1 is 1.04 bits per heavy atom. The number of anilines is 2. The molecule has 2 aromatic rings. The molecule has 8 heteroatoms. The normalized spacial score (nSPS) is 10.9. The van der Waals surface area contributed by atoms with E-state index >= 15 is 0 Å². The number of benzene rings is 2. The fourth-order valence-corrected chi connectivity index (χ4v) is 2.31. The van der Waals surface area contributed by atoms with Crippen molar-refractivity contribution in [3.05, 3.63) is 59.7 Å². The van der Waals surface area contributed by atoms with Crippen LogP contribution in [0.1, 0.15) is 22.8 Å². The molecule has 2 N–H and O–H groups in total. The van der Waals surface area contributed by atoms with E-state index in [1.165, 1.54) is 24.3 Å². The zero-order valence-electron chi connectivity index (χ0n) is 13.2. The first kappa shape index (κ1) is 18.7. The van der Waals surface area contributed by atoms with Gasteiger partial charge >= 0.3 is 12.1 Å². The molecule has 0 bridgehead atoms. The number of alkyl halides is 3. The van der Waals surface area contributed by atoms with Gasteiger partial charge in [0.15, 0.2) is 5.11 Å². The first-order valence-electron chi connectivity index (χ1n) is 7.33. The Morgan fingerprint density at radius 2 is 1.60 bits per heavy atom. The lowest BCUT2D eigenvalue weighted by Crippen LogP contribution is -2.23. The molecule has 0 saturated heterocycles. The quantitative estimate of drug-likeness (QED) is 0.606. The summed E-state index contributed by atoms with van der Waals surface area (Å²) >= 11 is 5.07. The van der Waals surface area contributed by atoms with Crippen molar-refractivity contribution >= 4 is 34.7 Å². The Balaban J connectivity index is 2.19. The molecule has 2 aromatic carbocycles. The monoisotopic (exact) mass is 368 g/mol. The molecule has 0 fully saturated rings. The van der Waals surface area contributed by atoms with Crippen LogP contribution in [0.4, 0.5) is 24.5 Å². The molecule has 0 heterocycles. The first-order chi connectivity index (χ1) is 11.8. The number of halogens is 3. The first-order valence-corrected chi connectivity index (χ1v) is 7.74. The van der Waals surface area contributed by atoms with Crippen LogP contribution in [0.3, 0.4) is 0 Å². The van der Waals surface area contributed by atoms with Gasteiger partial charge in [0.25, 0.3) is 0 Å². The van der Waals surface area contributed by atoms with Gasteiger partial charge in [0.2, 0.25) is 0 Å². The van der Waals surface area contributed by atoms with E-state index in [1.54, 1.807) is 25.1 Å². The summed E-state index contributed by atoms with van der Waals surface area (Å²) in [7, 11) is 0. The molecule has 0 unspecified atom stereocenters. The number of hydrogen-bond acceptors (Lipinski definition) is 3.